The van der Waals surface area contributed by atoms with Crippen molar-refractivity contribution in [2.75, 3.05) is 5.32 Å². The van der Waals surface area contributed by atoms with Crippen molar-refractivity contribution in [2.45, 2.75) is 26.3 Å². The van der Waals surface area contributed by atoms with E-state index in [1.807, 2.05) is 37.3 Å². The molecular weight excluding hydrogens is 280 g/mol. The molecule has 0 saturated carbocycles. The van der Waals surface area contributed by atoms with E-state index in [1.54, 1.807) is 18.4 Å². The first-order valence-electron chi connectivity index (χ1n) is 7.27. The summed E-state index contributed by atoms with van der Waals surface area (Å²) < 4.78 is 5.14. The molecule has 22 heavy (non-hydrogen) atoms. The Labute approximate surface area is 129 Å². The molecule has 0 saturated heterocycles. The quantitative estimate of drug-likeness (QED) is 0.826. The van der Waals surface area contributed by atoms with Gasteiger partial charge in [0.15, 0.2) is 0 Å². The van der Waals surface area contributed by atoms with Gasteiger partial charge in [0, 0.05) is 18.5 Å². The molecule has 2 amide bonds. The Hall–Kier alpha value is -2.56. The molecule has 1 aromatic carbocycles. The minimum Gasteiger partial charge on any atom is -0.467 e. The minimum absolute atomic E-state index is 0.0275. The van der Waals surface area contributed by atoms with Crippen molar-refractivity contribution in [2.24, 2.45) is 5.92 Å². The van der Waals surface area contributed by atoms with Gasteiger partial charge in [-0.2, -0.15) is 0 Å². The number of benzene rings is 1. The van der Waals surface area contributed by atoms with Crippen LogP contribution in [0, 0.1) is 5.92 Å². The first kappa shape index (κ1) is 15.8. The van der Waals surface area contributed by atoms with Gasteiger partial charge < -0.3 is 15.1 Å². The van der Waals surface area contributed by atoms with Gasteiger partial charge in [-0.3, -0.25) is 9.59 Å². The number of nitrogens with one attached hydrogen (secondary N) is 2. The molecule has 2 N–H and O–H groups in total. The highest BCUT2D eigenvalue weighted by atomic mass is 16.3. The van der Waals surface area contributed by atoms with E-state index < -0.39 is 0 Å². The number of amides is 2. The van der Waals surface area contributed by atoms with Crippen LogP contribution in [0.15, 0.2) is 53.1 Å². The number of para-hydroxylation sites is 1. The number of furan rings is 1. The van der Waals surface area contributed by atoms with Crippen molar-refractivity contribution in [3.63, 3.8) is 0 Å². The third-order valence-corrected chi connectivity index (χ3v) is 3.17. The molecule has 0 aliphatic carbocycles. The summed E-state index contributed by atoms with van der Waals surface area (Å²) in [4.78, 5) is 23.7. The van der Waals surface area contributed by atoms with E-state index in [1.165, 1.54) is 0 Å². The SMILES string of the molecule is C[C@H](CC(=O)NCc1ccco1)CC(=O)Nc1ccccc1. The van der Waals surface area contributed by atoms with Gasteiger partial charge in [0.05, 0.1) is 12.8 Å². The molecule has 0 unspecified atom stereocenters. The maximum absolute atomic E-state index is 11.9. The average Bonchev–Trinajstić information content (AvgIpc) is 2.99. The summed E-state index contributed by atoms with van der Waals surface area (Å²) in [6, 6.07) is 12.9. The lowest BCUT2D eigenvalue weighted by Gasteiger charge is -2.11. The molecule has 5 nitrogen and oxygen atoms in total. The number of rotatable bonds is 7. The highest BCUT2D eigenvalue weighted by Gasteiger charge is 2.13. The summed E-state index contributed by atoms with van der Waals surface area (Å²) in [7, 11) is 0. The van der Waals surface area contributed by atoms with Gasteiger partial charge in [0.2, 0.25) is 11.8 Å². The highest BCUT2D eigenvalue weighted by Crippen LogP contribution is 2.11. The molecule has 0 fully saturated rings. The molecule has 116 valence electrons. The lowest BCUT2D eigenvalue weighted by atomic mass is 10.0. The predicted molar refractivity (Wildman–Crippen MR) is 84.0 cm³/mol. The highest BCUT2D eigenvalue weighted by molar-refractivity contribution is 5.91. The van der Waals surface area contributed by atoms with E-state index in [2.05, 4.69) is 10.6 Å². The molecule has 0 aliphatic rings. The fourth-order valence-electron chi connectivity index (χ4n) is 2.11. The van der Waals surface area contributed by atoms with Gasteiger partial charge in [0.1, 0.15) is 5.76 Å². The Morgan fingerprint density at radius 3 is 2.45 bits per heavy atom. The molecule has 0 radical (unpaired) electrons. The van der Waals surface area contributed by atoms with Crippen LogP contribution >= 0.6 is 0 Å². The molecule has 1 atom stereocenters. The van der Waals surface area contributed by atoms with Gasteiger partial charge in [-0.1, -0.05) is 25.1 Å². The van der Waals surface area contributed by atoms with E-state index >= 15 is 0 Å². The zero-order chi connectivity index (χ0) is 15.8. The van der Waals surface area contributed by atoms with E-state index in [-0.39, 0.29) is 17.7 Å². The summed E-state index contributed by atoms with van der Waals surface area (Å²) in [5, 5.41) is 5.59. The summed E-state index contributed by atoms with van der Waals surface area (Å²) >= 11 is 0. The molecule has 1 heterocycles. The van der Waals surface area contributed by atoms with Crippen LogP contribution in [0.3, 0.4) is 0 Å². The van der Waals surface area contributed by atoms with Crippen LogP contribution in [0.1, 0.15) is 25.5 Å². The van der Waals surface area contributed by atoms with E-state index in [9.17, 15) is 9.59 Å². The van der Waals surface area contributed by atoms with Crippen LogP contribution in [0.4, 0.5) is 5.69 Å². The van der Waals surface area contributed by atoms with Crippen LogP contribution in [0.2, 0.25) is 0 Å². The number of carbonyl (C=O) groups is 2. The molecule has 1 aromatic heterocycles. The van der Waals surface area contributed by atoms with Crippen molar-refractivity contribution < 1.29 is 14.0 Å². The van der Waals surface area contributed by atoms with Gasteiger partial charge in [-0.15, -0.1) is 0 Å². The second-order valence-corrected chi connectivity index (χ2v) is 5.28. The lowest BCUT2D eigenvalue weighted by molar-refractivity contribution is -0.122. The van der Waals surface area contributed by atoms with Crippen LogP contribution in [0.5, 0.6) is 0 Å². The van der Waals surface area contributed by atoms with E-state index in [0.717, 1.165) is 5.69 Å². The van der Waals surface area contributed by atoms with Gasteiger partial charge in [-0.25, -0.2) is 0 Å². The van der Waals surface area contributed by atoms with Gasteiger partial charge in [0.25, 0.3) is 0 Å². The summed E-state index contributed by atoms with van der Waals surface area (Å²) in [5.74, 6) is 0.511. The normalized spacial score (nSPS) is 11.7. The van der Waals surface area contributed by atoms with Crippen molar-refractivity contribution >= 4 is 17.5 Å². The van der Waals surface area contributed by atoms with Gasteiger partial charge in [-0.05, 0) is 30.2 Å². The van der Waals surface area contributed by atoms with Crippen molar-refractivity contribution in [3.8, 4) is 0 Å². The van der Waals surface area contributed by atoms with Crippen LogP contribution < -0.4 is 10.6 Å². The second kappa shape index (κ2) is 8.02. The predicted octanol–water partition coefficient (Wildman–Crippen LogP) is 2.95. The first-order chi connectivity index (χ1) is 10.6. The Morgan fingerprint density at radius 2 is 1.77 bits per heavy atom. The smallest absolute Gasteiger partial charge is 0.224 e. The number of hydrogen-bond donors (Lipinski definition) is 2. The third-order valence-electron chi connectivity index (χ3n) is 3.17. The Morgan fingerprint density at radius 1 is 1.05 bits per heavy atom. The fraction of sp³-hybridized carbons (Fsp3) is 0.294. The summed E-state index contributed by atoms with van der Waals surface area (Å²) in [6.45, 7) is 2.26. The van der Waals surface area contributed by atoms with E-state index in [0.29, 0.717) is 25.1 Å². The number of hydrogen-bond acceptors (Lipinski definition) is 3. The topological polar surface area (TPSA) is 71.3 Å². The van der Waals surface area contributed by atoms with Crippen molar-refractivity contribution in [1.29, 1.82) is 0 Å². The van der Waals surface area contributed by atoms with Crippen LogP contribution in [-0.2, 0) is 16.1 Å². The Balaban J connectivity index is 1.69. The summed E-state index contributed by atoms with van der Waals surface area (Å²) in [5.41, 5.74) is 0.766. The first-order valence-corrected chi connectivity index (χ1v) is 7.27. The standard InChI is InChI=1S/C17H20N2O3/c1-13(10-16(20)18-12-15-8-5-9-22-15)11-17(21)19-14-6-3-2-4-7-14/h2-9,13H,10-12H2,1H3,(H,18,20)(H,19,21)/t13-/m1/s1. The van der Waals surface area contributed by atoms with Crippen LogP contribution in [0.25, 0.3) is 0 Å². The molecule has 0 bridgehead atoms. The maximum atomic E-state index is 11.9. The Kier molecular flexibility index (Phi) is 5.77. The number of anilines is 1. The molecule has 2 aromatic rings. The number of carbonyl (C=O) groups excluding carboxylic acids is 2. The zero-order valence-electron chi connectivity index (χ0n) is 12.5. The van der Waals surface area contributed by atoms with E-state index in [4.69, 9.17) is 4.42 Å². The minimum atomic E-state index is -0.0867. The maximum Gasteiger partial charge on any atom is 0.224 e. The monoisotopic (exact) mass is 300 g/mol. The molecule has 5 heteroatoms. The van der Waals surface area contributed by atoms with Crippen molar-refractivity contribution in [3.05, 3.63) is 54.5 Å². The molecule has 0 aliphatic heterocycles. The lowest BCUT2D eigenvalue weighted by Crippen LogP contribution is -2.25. The molecule has 2 rings (SSSR count). The largest absolute Gasteiger partial charge is 0.467 e. The fourth-order valence-corrected chi connectivity index (χ4v) is 2.11. The molecular formula is C17H20N2O3. The summed E-state index contributed by atoms with van der Waals surface area (Å²) in [6.07, 6.45) is 2.18. The van der Waals surface area contributed by atoms with Crippen LogP contribution in [-0.4, -0.2) is 11.8 Å². The van der Waals surface area contributed by atoms with Crippen molar-refractivity contribution in [1.82, 2.24) is 5.32 Å². The average molecular weight is 300 g/mol. The van der Waals surface area contributed by atoms with Gasteiger partial charge >= 0.3 is 0 Å². The zero-order valence-corrected chi connectivity index (χ0v) is 12.5. The Bertz CT molecular complexity index is 594. The third kappa shape index (κ3) is 5.44. The molecule has 0 spiro atoms. The second-order valence-electron chi connectivity index (χ2n) is 5.28.